The Labute approximate surface area is 114 Å². The van der Waals surface area contributed by atoms with Crippen LogP contribution in [0.2, 0.25) is 0 Å². The third-order valence-electron chi connectivity index (χ3n) is 2.93. The Morgan fingerprint density at radius 3 is 2.32 bits per heavy atom. The van der Waals surface area contributed by atoms with Gasteiger partial charge in [-0.25, -0.2) is 4.79 Å². The second-order valence-electron chi connectivity index (χ2n) is 4.54. The summed E-state index contributed by atoms with van der Waals surface area (Å²) < 4.78 is 0. The molecule has 3 heteroatoms. The number of unbranched alkanes of at least 4 members (excludes halogenated alkanes) is 3. The normalized spacial score (nSPS) is 10.8. The van der Waals surface area contributed by atoms with Crippen LogP contribution in [0.3, 0.4) is 0 Å². The van der Waals surface area contributed by atoms with Gasteiger partial charge in [-0.3, -0.25) is 4.79 Å². The molecule has 0 amide bonds. The average Bonchev–Trinajstić information content (AvgIpc) is 2.41. The quantitative estimate of drug-likeness (QED) is 0.441. The SMILES string of the molecule is CCCCCCc1ccc(C(=O)/C=C/C(=O)O)cc1. The van der Waals surface area contributed by atoms with E-state index >= 15 is 0 Å². The molecule has 0 aliphatic carbocycles. The molecule has 0 radical (unpaired) electrons. The van der Waals surface area contributed by atoms with Crippen LogP contribution in [0.1, 0.15) is 48.5 Å². The van der Waals surface area contributed by atoms with Crippen molar-refractivity contribution in [3.8, 4) is 0 Å². The molecular weight excluding hydrogens is 240 g/mol. The number of allylic oxidation sites excluding steroid dienone is 1. The molecule has 0 bridgehead atoms. The van der Waals surface area contributed by atoms with Crippen LogP contribution in [0.5, 0.6) is 0 Å². The van der Waals surface area contributed by atoms with E-state index in [1.807, 2.05) is 12.1 Å². The van der Waals surface area contributed by atoms with Crippen LogP contribution in [0, 0.1) is 0 Å². The lowest BCUT2D eigenvalue weighted by Crippen LogP contribution is -1.97. The average molecular weight is 260 g/mol. The van der Waals surface area contributed by atoms with E-state index in [9.17, 15) is 9.59 Å². The van der Waals surface area contributed by atoms with Crippen molar-refractivity contribution in [2.24, 2.45) is 0 Å². The number of carboxylic acid groups (broad SMARTS) is 1. The molecule has 0 saturated heterocycles. The lowest BCUT2D eigenvalue weighted by atomic mass is 10.0. The summed E-state index contributed by atoms with van der Waals surface area (Å²) in [4.78, 5) is 21.9. The minimum absolute atomic E-state index is 0.278. The molecule has 0 heterocycles. The Morgan fingerprint density at radius 2 is 1.74 bits per heavy atom. The second kappa shape index (κ2) is 8.25. The van der Waals surface area contributed by atoms with Gasteiger partial charge in [0.25, 0.3) is 0 Å². The molecule has 0 aliphatic rings. The summed E-state index contributed by atoms with van der Waals surface area (Å²) in [5.74, 6) is -1.39. The summed E-state index contributed by atoms with van der Waals surface area (Å²) in [6.07, 6.45) is 7.86. The van der Waals surface area contributed by atoms with Crippen LogP contribution in [0.4, 0.5) is 0 Å². The Balaban J connectivity index is 2.51. The molecule has 0 spiro atoms. The summed E-state index contributed by atoms with van der Waals surface area (Å²) in [7, 11) is 0. The standard InChI is InChI=1S/C16H20O3/c1-2-3-4-5-6-13-7-9-14(10-8-13)15(17)11-12-16(18)19/h7-12H,2-6H2,1H3,(H,18,19)/b12-11+. The molecule has 102 valence electrons. The number of benzene rings is 1. The highest BCUT2D eigenvalue weighted by molar-refractivity contribution is 6.06. The van der Waals surface area contributed by atoms with Crippen molar-refractivity contribution >= 4 is 11.8 Å². The van der Waals surface area contributed by atoms with Gasteiger partial charge < -0.3 is 5.11 Å². The van der Waals surface area contributed by atoms with Crippen LogP contribution < -0.4 is 0 Å². The topological polar surface area (TPSA) is 54.4 Å². The molecule has 0 unspecified atom stereocenters. The fourth-order valence-corrected chi connectivity index (χ4v) is 1.83. The first-order valence-electron chi connectivity index (χ1n) is 6.67. The highest BCUT2D eigenvalue weighted by Crippen LogP contribution is 2.10. The lowest BCUT2D eigenvalue weighted by Gasteiger charge is -2.02. The highest BCUT2D eigenvalue weighted by Gasteiger charge is 2.02. The minimum atomic E-state index is -1.11. The molecule has 19 heavy (non-hydrogen) atoms. The number of aryl methyl sites for hydroxylation is 1. The maximum Gasteiger partial charge on any atom is 0.328 e. The highest BCUT2D eigenvalue weighted by atomic mass is 16.4. The maximum absolute atomic E-state index is 11.6. The largest absolute Gasteiger partial charge is 0.478 e. The van der Waals surface area contributed by atoms with Gasteiger partial charge in [-0.2, -0.15) is 0 Å². The molecule has 1 aromatic rings. The zero-order valence-corrected chi connectivity index (χ0v) is 11.3. The molecule has 1 rings (SSSR count). The van der Waals surface area contributed by atoms with Crippen LogP contribution in [-0.4, -0.2) is 16.9 Å². The van der Waals surface area contributed by atoms with Gasteiger partial charge in [0.1, 0.15) is 0 Å². The first-order chi connectivity index (χ1) is 9.13. The molecule has 1 aromatic carbocycles. The zero-order valence-electron chi connectivity index (χ0n) is 11.3. The number of ketones is 1. The fraction of sp³-hybridized carbons (Fsp3) is 0.375. The smallest absolute Gasteiger partial charge is 0.328 e. The van der Waals surface area contributed by atoms with E-state index in [0.717, 1.165) is 18.6 Å². The Hall–Kier alpha value is -1.90. The molecule has 0 aromatic heterocycles. The molecule has 0 saturated carbocycles. The van der Waals surface area contributed by atoms with Gasteiger partial charge in [-0.05, 0) is 24.5 Å². The van der Waals surface area contributed by atoms with Crippen molar-refractivity contribution in [2.75, 3.05) is 0 Å². The van der Waals surface area contributed by atoms with E-state index in [-0.39, 0.29) is 5.78 Å². The van der Waals surface area contributed by atoms with Crippen molar-refractivity contribution < 1.29 is 14.7 Å². The lowest BCUT2D eigenvalue weighted by molar-refractivity contribution is -0.131. The maximum atomic E-state index is 11.6. The monoisotopic (exact) mass is 260 g/mol. The van der Waals surface area contributed by atoms with Gasteiger partial charge in [0.2, 0.25) is 0 Å². The Bertz CT molecular complexity index is 444. The summed E-state index contributed by atoms with van der Waals surface area (Å²) in [6, 6.07) is 7.38. The van der Waals surface area contributed by atoms with E-state index in [0.29, 0.717) is 5.56 Å². The van der Waals surface area contributed by atoms with Crippen molar-refractivity contribution in [1.29, 1.82) is 0 Å². The number of hydrogen-bond acceptors (Lipinski definition) is 2. The van der Waals surface area contributed by atoms with Gasteiger partial charge in [-0.15, -0.1) is 0 Å². The van der Waals surface area contributed by atoms with Crippen LogP contribution in [0.25, 0.3) is 0 Å². The first kappa shape index (κ1) is 15.2. The van der Waals surface area contributed by atoms with Gasteiger partial charge in [0.05, 0.1) is 0 Å². The number of aliphatic carboxylic acids is 1. The van der Waals surface area contributed by atoms with Crippen molar-refractivity contribution in [1.82, 2.24) is 0 Å². The van der Waals surface area contributed by atoms with E-state index in [1.165, 1.54) is 31.2 Å². The zero-order chi connectivity index (χ0) is 14.1. The van der Waals surface area contributed by atoms with Gasteiger partial charge >= 0.3 is 5.97 Å². The van der Waals surface area contributed by atoms with Gasteiger partial charge in [-0.1, -0.05) is 50.5 Å². The van der Waals surface area contributed by atoms with Crippen LogP contribution >= 0.6 is 0 Å². The predicted octanol–water partition coefficient (Wildman–Crippen LogP) is 3.63. The minimum Gasteiger partial charge on any atom is -0.478 e. The molecule has 0 aliphatic heterocycles. The van der Waals surface area contributed by atoms with Crippen LogP contribution in [0.15, 0.2) is 36.4 Å². The summed E-state index contributed by atoms with van der Waals surface area (Å²) >= 11 is 0. The van der Waals surface area contributed by atoms with E-state index in [2.05, 4.69) is 6.92 Å². The number of rotatable bonds is 8. The van der Waals surface area contributed by atoms with E-state index < -0.39 is 5.97 Å². The third-order valence-corrected chi connectivity index (χ3v) is 2.93. The molecule has 0 atom stereocenters. The summed E-state index contributed by atoms with van der Waals surface area (Å²) in [5.41, 5.74) is 1.74. The van der Waals surface area contributed by atoms with Gasteiger partial charge in [0, 0.05) is 11.6 Å². The van der Waals surface area contributed by atoms with Gasteiger partial charge in [0.15, 0.2) is 5.78 Å². The molecular formula is C16H20O3. The molecule has 0 fully saturated rings. The van der Waals surface area contributed by atoms with Crippen molar-refractivity contribution in [3.63, 3.8) is 0 Å². The fourth-order valence-electron chi connectivity index (χ4n) is 1.83. The predicted molar refractivity (Wildman–Crippen MR) is 75.4 cm³/mol. The molecule has 1 N–H and O–H groups in total. The van der Waals surface area contributed by atoms with Crippen molar-refractivity contribution in [2.45, 2.75) is 39.0 Å². The first-order valence-corrected chi connectivity index (χ1v) is 6.67. The summed E-state index contributed by atoms with van der Waals surface area (Å²) in [5, 5.41) is 8.46. The summed E-state index contributed by atoms with van der Waals surface area (Å²) in [6.45, 7) is 2.19. The van der Waals surface area contributed by atoms with E-state index in [4.69, 9.17) is 5.11 Å². The third kappa shape index (κ3) is 6.00. The number of hydrogen-bond donors (Lipinski definition) is 1. The number of carbonyl (C=O) groups is 2. The van der Waals surface area contributed by atoms with Crippen molar-refractivity contribution in [3.05, 3.63) is 47.5 Å². The van der Waals surface area contributed by atoms with Crippen LogP contribution in [-0.2, 0) is 11.2 Å². The Morgan fingerprint density at radius 1 is 1.05 bits per heavy atom. The number of carbonyl (C=O) groups excluding carboxylic acids is 1. The second-order valence-corrected chi connectivity index (χ2v) is 4.54. The molecule has 3 nitrogen and oxygen atoms in total. The van der Waals surface area contributed by atoms with E-state index in [1.54, 1.807) is 12.1 Å². The Kier molecular flexibility index (Phi) is 6.58. The number of carboxylic acids is 1.